The van der Waals surface area contributed by atoms with Crippen molar-refractivity contribution < 1.29 is 30.0 Å². The molecule has 0 spiro atoms. The predicted molar refractivity (Wildman–Crippen MR) is 157 cm³/mol. The Bertz CT molecular complexity index is 1230. The van der Waals surface area contributed by atoms with Crippen molar-refractivity contribution in [2.75, 3.05) is 0 Å². The van der Waals surface area contributed by atoms with Gasteiger partial charge in [-0.15, -0.1) is 70.8 Å². The van der Waals surface area contributed by atoms with Crippen LogP contribution in [0.25, 0.3) is 22.8 Å². The average molecular weight is 715 g/mol. The Hall–Kier alpha value is -3.54. The number of ketones is 1. The number of aliphatic hydroxyl groups is 1. The van der Waals surface area contributed by atoms with E-state index in [4.69, 9.17) is 5.11 Å². The van der Waals surface area contributed by atoms with E-state index in [0.717, 1.165) is 22.8 Å². The summed E-state index contributed by atoms with van der Waals surface area (Å²) in [7, 11) is 0. The van der Waals surface area contributed by atoms with E-state index < -0.39 is 0 Å². The Morgan fingerprint density at radius 1 is 0.700 bits per heavy atom. The molecule has 0 aliphatic rings. The molecule has 0 saturated heterocycles. The van der Waals surface area contributed by atoms with E-state index >= 15 is 0 Å². The van der Waals surface area contributed by atoms with Gasteiger partial charge in [-0.25, -0.2) is 0 Å². The minimum atomic E-state index is -0.125. The number of hydrogen-bond acceptors (Lipinski definition) is 6. The Labute approximate surface area is 252 Å². The van der Waals surface area contributed by atoms with Gasteiger partial charge in [-0.1, -0.05) is 41.5 Å². The number of carbonyl (C=O) groups is 1. The third-order valence-corrected chi connectivity index (χ3v) is 5.38. The predicted octanol–water partition coefficient (Wildman–Crippen LogP) is 7.52. The first-order valence-corrected chi connectivity index (χ1v) is 12.7. The third-order valence-electron chi connectivity index (χ3n) is 5.38. The van der Waals surface area contributed by atoms with E-state index in [-0.39, 0.29) is 42.5 Å². The van der Waals surface area contributed by atoms with Crippen molar-refractivity contribution in [3.8, 4) is 22.8 Å². The van der Waals surface area contributed by atoms with Crippen molar-refractivity contribution in [3.05, 3.63) is 108 Å². The van der Waals surface area contributed by atoms with Gasteiger partial charge in [0.05, 0.1) is 17.4 Å². The van der Waals surface area contributed by atoms with Crippen LogP contribution < -0.4 is 0 Å². The second kappa shape index (κ2) is 15.9. The van der Waals surface area contributed by atoms with Gasteiger partial charge in [0, 0.05) is 51.0 Å². The van der Waals surface area contributed by atoms with Gasteiger partial charge in [0.25, 0.3) is 0 Å². The van der Waals surface area contributed by atoms with E-state index in [9.17, 15) is 4.79 Å². The fraction of sp³-hybridized carbons (Fsp3) is 0.303. The molecule has 0 atom stereocenters. The summed E-state index contributed by atoms with van der Waals surface area (Å²) in [5.41, 5.74) is 4.74. The second-order valence-electron chi connectivity index (χ2n) is 11.0. The van der Waals surface area contributed by atoms with Crippen molar-refractivity contribution in [2.24, 2.45) is 0 Å². The molecule has 0 bridgehead atoms. The number of nitrogens with zero attached hydrogens (tertiary/aromatic N) is 4. The topological polar surface area (TPSA) is 88.9 Å². The number of carbonyl (C=O) groups excluding carboxylic acids is 1. The zero-order valence-corrected chi connectivity index (χ0v) is 26.9. The first kappa shape index (κ1) is 34.5. The van der Waals surface area contributed by atoms with E-state index in [1.807, 2.05) is 36.4 Å². The van der Waals surface area contributed by atoms with Gasteiger partial charge in [0.2, 0.25) is 0 Å². The van der Waals surface area contributed by atoms with Gasteiger partial charge in [-0.2, -0.15) is 0 Å². The zero-order chi connectivity index (χ0) is 29.1. The molecule has 6 nitrogen and oxygen atoms in total. The maximum atomic E-state index is 10.0. The SMILES string of the molecule is CC(=O)C=C(C)O.CC(C)(C)c1c[c-]c(-c2ncccn2)cc1.CC(C)(C)c1c[c-]c(-c2ncccn2)cc1.[Ir]. The minimum absolute atomic E-state index is 0. The van der Waals surface area contributed by atoms with Crippen LogP contribution in [-0.4, -0.2) is 30.8 Å². The van der Waals surface area contributed by atoms with Crippen molar-refractivity contribution in [2.45, 2.75) is 66.2 Å². The average Bonchev–Trinajstić information content (AvgIpc) is 2.89. The van der Waals surface area contributed by atoms with Crippen LogP contribution in [-0.2, 0) is 35.7 Å². The Kier molecular flexibility index (Phi) is 13.7. The summed E-state index contributed by atoms with van der Waals surface area (Å²) in [5.74, 6) is 1.39. The van der Waals surface area contributed by atoms with Crippen LogP contribution in [0.3, 0.4) is 0 Å². The Morgan fingerprint density at radius 2 is 1.05 bits per heavy atom. The summed E-state index contributed by atoms with van der Waals surface area (Å²) in [6.45, 7) is 16.0. The monoisotopic (exact) mass is 715 g/mol. The molecule has 2 aromatic heterocycles. The second-order valence-corrected chi connectivity index (χ2v) is 11.0. The number of hydrogen-bond donors (Lipinski definition) is 1. The van der Waals surface area contributed by atoms with Crippen LogP contribution in [0, 0.1) is 12.1 Å². The quantitative estimate of drug-likeness (QED) is 0.134. The molecule has 7 heteroatoms. The first-order chi connectivity index (χ1) is 18.3. The maximum Gasteiger partial charge on any atom is 0.155 e. The molecule has 40 heavy (non-hydrogen) atoms. The largest absolute Gasteiger partial charge is 0.512 e. The molecule has 2 heterocycles. The Morgan fingerprint density at radius 3 is 1.25 bits per heavy atom. The van der Waals surface area contributed by atoms with Crippen LogP contribution in [0.4, 0.5) is 0 Å². The van der Waals surface area contributed by atoms with Crippen molar-refractivity contribution >= 4 is 5.78 Å². The standard InChI is InChI=1S/2C14H15N2.C5H8O2.Ir/c2*1-14(2,3)12-7-5-11(6-8-12)13-15-9-4-10-16-13;1-4(6)3-5(2)7;/h2*4-5,7-10H,1-3H3;3,6H,1-2H3;/q2*-1;;. The van der Waals surface area contributed by atoms with E-state index in [1.165, 1.54) is 31.1 Å². The minimum Gasteiger partial charge on any atom is -0.512 e. The van der Waals surface area contributed by atoms with Gasteiger partial charge >= 0.3 is 0 Å². The molecule has 0 fully saturated rings. The van der Waals surface area contributed by atoms with Crippen LogP contribution >= 0.6 is 0 Å². The van der Waals surface area contributed by atoms with Gasteiger partial charge in [0.15, 0.2) is 5.78 Å². The summed E-state index contributed by atoms with van der Waals surface area (Å²) in [5, 5.41) is 8.36. The van der Waals surface area contributed by atoms with E-state index in [2.05, 4.69) is 85.7 Å². The van der Waals surface area contributed by atoms with Gasteiger partial charge in [-0.05, 0) is 36.8 Å². The molecule has 0 amide bonds. The molecule has 0 unspecified atom stereocenters. The molecule has 4 aromatic rings. The summed E-state index contributed by atoms with van der Waals surface area (Å²) >= 11 is 0. The first-order valence-electron chi connectivity index (χ1n) is 12.7. The smallest absolute Gasteiger partial charge is 0.155 e. The zero-order valence-electron chi connectivity index (χ0n) is 24.5. The number of benzene rings is 2. The van der Waals surface area contributed by atoms with Gasteiger partial charge in [-0.3, -0.25) is 24.7 Å². The van der Waals surface area contributed by atoms with Crippen LogP contribution in [0.1, 0.15) is 66.5 Å². The Balaban J connectivity index is 0.000000320. The normalized spacial score (nSPS) is 11.2. The van der Waals surface area contributed by atoms with Gasteiger partial charge < -0.3 is 5.11 Å². The molecule has 1 N–H and O–H groups in total. The summed E-state index contributed by atoms with van der Waals surface area (Å²) in [6, 6.07) is 22.4. The molecule has 0 saturated carbocycles. The third kappa shape index (κ3) is 12.1. The van der Waals surface area contributed by atoms with Gasteiger partial charge in [0.1, 0.15) is 0 Å². The fourth-order valence-corrected chi connectivity index (χ4v) is 3.23. The van der Waals surface area contributed by atoms with Crippen LogP contribution in [0.2, 0.25) is 0 Å². The number of aromatic nitrogens is 4. The number of allylic oxidation sites excluding steroid dienone is 2. The number of rotatable bonds is 3. The molecule has 213 valence electrons. The molecule has 2 aromatic carbocycles. The maximum absolute atomic E-state index is 10.0. The van der Waals surface area contributed by atoms with Crippen molar-refractivity contribution in [3.63, 3.8) is 0 Å². The number of aliphatic hydroxyl groups excluding tert-OH is 1. The van der Waals surface area contributed by atoms with Crippen molar-refractivity contribution in [1.82, 2.24) is 19.9 Å². The fourth-order valence-electron chi connectivity index (χ4n) is 3.23. The van der Waals surface area contributed by atoms with E-state index in [0.29, 0.717) is 0 Å². The molecular weight excluding hydrogens is 677 g/mol. The van der Waals surface area contributed by atoms with Crippen molar-refractivity contribution in [1.29, 1.82) is 0 Å². The molecule has 0 aliphatic heterocycles. The summed E-state index contributed by atoms with van der Waals surface area (Å²) in [4.78, 5) is 26.8. The molecular formula is C33H38IrN4O2-2. The molecule has 1 radical (unpaired) electrons. The summed E-state index contributed by atoms with van der Waals surface area (Å²) < 4.78 is 0. The van der Waals surface area contributed by atoms with Crippen LogP contribution in [0.5, 0.6) is 0 Å². The molecule has 0 aliphatic carbocycles. The summed E-state index contributed by atoms with van der Waals surface area (Å²) in [6.07, 6.45) is 8.14. The van der Waals surface area contributed by atoms with Crippen LogP contribution in [0.15, 0.2) is 85.2 Å². The molecule has 4 rings (SSSR count). The van der Waals surface area contributed by atoms with E-state index in [1.54, 1.807) is 24.8 Å².